The minimum absolute atomic E-state index is 0.866. The van der Waals surface area contributed by atoms with Crippen molar-refractivity contribution in [3.63, 3.8) is 0 Å². The zero-order valence-corrected chi connectivity index (χ0v) is 10.1. The van der Waals surface area contributed by atoms with Crippen LogP contribution in [0.15, 0.2) is 36.4 Å². The number of benzene rings is 2. The molecule has 1 aliphatic rings. The van der Waals surface area contributed by atoms with Crippen LogP contribution < -0.4 is 5.73 Å². The van der Waals surface area contributed by atoms with Crippen molar-refractivity contribution in [1.29, 1.82) is 0 Å². The van der Waals surface area contributed by atoms with E-state index in [-0.39, 0.29) is 0 Å². The van der Waals surface area contributed by atoms with E-state index in [1.807, 2.05) is 24.3 Å². The molecule has 3 aromatic rings. The molecule has 0 aliphatic heterocycles. The van der Waals surface area contributed by atoms with Crippen LogP contribution in [-0.4, -0.2) is 4.98 Å². The molecule has 1 heterocycles. The largest absolute Gasteiger partial charge is 0.398 e. The Labute approximate surface area is 105 Å². The lowest BCUT2D eigenvalue weighted by Crippen LogP contribution is -1.94. The fraction of sp³-hybridized carbons (Fsp3) is 0.188. The zero-order chi connectivity index (χ0) is 12.1. The van der Waals surface area contributed by atoms with Crippen molar-refractivity contribution in [2.45, 2.75) is 19.3 Å². The number of aryl methyl sites for hydroxylation is 2. The first-order valence-electron chi connectivity index (χ1n) is 6.43. The zero-order valence-electron chi connectivity index (χ0n) is 10.1. The van der Waals surface area contributed by atoms with Gasteiger partial charge in [-0.15, -0.1) is 0 Å². The first kappa shape index (κ1) is 9.89. The number of aromatic nitrogens is 1. The highest BCUT2D eigenvalue weighted by Crippen LogP contribution is 2.32. The van der Waals surface area contributed by atoms with Gasteiger partial charge in [0.15, 0.2) is 0 Å². The highest BCUT2D eigenvalue weighted by Gasteiger charge is 2.14. The van der Waals surface area contributed by atoms with Crippen LogP contribution in [0.2, 0.25) is 0 Å². The summed E-state index contributed by atoms with van der Waals surface area (Å²) in [7, 11) is 0. The van der Waals surface area contributed by atoms with Gasteiger partial charge in [-0.3, -0.25) is 0 Å². The van der Waals surface area contributed by atoms with E-state index >= 15 is 0 Å². The molecule has 0 saturated carbocycles. The Balaban J connectivity index is 2.18. The lowest BCUT2D eigenvalue weighted by Gasteiger charge is -2.09. The SMILES string of the molecule is Nc1c2ccccc2nc2cc3c(cc12)CCC3. The summed E-state index contributed by atoms with van der Waals surface area (Å²) in [6, 6.07) is 12.6. The third-order valence-electron chi connectivity index (χ3n) is 3.94. The van der Waals surface area contributed by atoms with Gasteiger partial charge in [-0.25, -0.2) is 4.98 Å². The second-order valence-electron chi connectivity index (χ2n) is 5.03. The van der Waals surface area contributed by atoms with Crippen molar-refractivity contribution >= 4 is 27.5 Å². The second kappa shape index (κ2) is 3.45. The van der Waals surface area contributed by atoms with Crippen molar-refractivity contribution in [2.24, 2.45) is 0 Å². The summed E-state index contributed by atoms with van der Waals surface area (Å²) in [6.45, 7) is 0. The molecule has 2 N–H and O–H groups in total. The number of nitrogens with zero attached hydrogens (tertiary/aromatic N) is 1. The number of nitrogens with two attached hydrogens (primary N) is 1. The van der Waals surface area contributed by atoms with Crippen molar-refractivity contribution in [2.75, 3.05) is 5.73 Å². The number of para-hydroxylation sites is 1. The average molecular weight is 234 g/mol. The maximum Gasteiger partial charge on any atom is 0.0733 e. The van der Waals surface area contributed by atoms with E-state index in [0.29, 0.717) is 0 Å². The second-order valence-corrected chi connectivity index (χ2v) is 5.03. The molecule has 2 nitrogen and oxygen atoms in total. The Morgan fingerprint density at radius 2 is 1.67 bits per heavy atom. The summed E-state index contributed by atoms with van der Waals surface area (Å²) in [5.74, 6) is 0. The molecule has 0 radical (unpaired) electrons. The highest BCUT2D eigenvalue weighted by atomic mass is 14.7. The van der Waals surface area contributed by atoms with Crippen molar-refractivity contribution in [3.05, 3.63) is 47.5 Å². The van der Waals surface area contributed by atoms with Crippen LogP contribution in [0.5, 0.6) is 0 Å². The lowest BCUT2D eigenvalue weighted by atomic mass is 10.0. The molecule has 0 bridgehead atoms. The summed E-state index contributed by atoms with van der Waals surface area (Å²) < 4.78 is 0. The molecule has 0 fully saturated rings. The van der Waals surface area contributed by atoms with Crippen LogP contribution in [0.3, 0.4) is 0 Å². The summed E-state index contributed by atoms with van der Waals surface area (Å²) in [6.07, 6.45) is 3.61. The van der Waals surface area contributed by atoms with E-state index in [1.54, 1.807) is 0 Å². The summed E-state index contributed by atoms with van der Waals surface area (Å²) in [4.78, 5) is 4.74. The molecule has 0 spiro atoms. The van der Waals surface area contributed by atoms with Gasteiger partial charge < -0.3 is 5.73 Å². The standard InChI is InChI=1S/C16H14N2/c17-16-12-6-1-2-7-14(12)18-15-9-11-5-3-4-10(11)8-13(15)16/h1-2,6-9H,3-5H2,(H2,17,18). The number of fused-ring (bicyclic) bond motifs is 3. The van der Waals surface area contributed by atoms with E-state index in [0.717, 1.165) is 27.5 Å². The number of pyridine rings is 1. The third-order valence-corrected chi connectivity index (χ3v) is 3.94. The molecule has 0 unspecified atom stereocenters. The molecule has 2 aromatic carbocycles. The Kier molecular flexibility index (Phi) is 1.90. The Bertz CT molecular complexity index is 775. The van der Waals surface area contributed by atoms with Gasteiger partial charge in [0.2, 0.25) is 0 Å². The van der Waals surface area contributed by atoms with E-state index < -0.39 is 0 Å². The van der Waals surface area contributed by atoms with E-state index in [2.05, 4.69) is 12.1 Å². The first-order valence-corrected chi connectivity index (χ1v) is 6.43. The Morgan fingerprint density at radius 1 is 0.889 bits per heavy atom. The van der Waals surface area contributed by atoms with E-state index in [1.165, 1.54) is 30.4 Å². The van der Waals surface area contributed by atoms with Gasteiger partial charge in [0.05, 0.1) is 16.7 Å². The van der Waals surface area contributed by atoms with Crippen molar-refractivity contribution in [3.8, 4) is 0 Å². The lowest BCUT2D eigenvalue weighted by molar-refractivity contribution is 0.912. The van der Waals surface area contributed by atoms with Crippen molar-refractivity contribution in [1.82, 2.24) is 4.98 Å². The average Bonchev–Trinajstić information content (AvgIpc) is 2.84. The van der Waals surface area contributed by atoms with Crippen LogP contribution in [-0.2, 0) is 12.8 Å². The minimum atomic E-state index is 0.866. The van der Waals surface area contributed by atoms with Crippen LogP contribution >= 0.6 is 0 Å². The van der Waals surface area contributed by atoms with Crippen LogP contribution in [0, 0.1) is 0 Å². The Morgan fingerprint density at radius 3 is 2.56 bits per heavy atom. The van der Waals surface area contributed by atoms with E-state index in [9.17, 15) is 0 Å². The summed E-state index contributed by atoms with van der Waals surface area (Å²) in [5.41, 5.74) is 12.1. The number of hydrogen-bond acceptors (Lipinski definition) is 2. The van der Waals surface area contributed by atoms with Crippen LogP contribution in [0.1, 0.15) is 17.5 Å². The predicted molar refractivity (Wildman–Crippen MR) is 75.7 cm³/mol. The molecule has 2 heteroatoms. The quantitative estimate of drug-likeness (QED) is 0.605. The smallest absolute Gasteiger partial charge is 0.0733 e. The number of rotatable bonds is 0. The highest BCUT2D eigenvalue weighted by molar-refractivity contribution is 6.06. The van der Waals surface area contributed by atoms with Gasteiger partial charge in [-0.05, 0) is 48.6 Å². The monoisotopic (exact) mass is 234 g/mol. The topological polar surface area (TPSA) is 38.9 Å². The number of anilines is 1. The maximum absolute atomic E-state index is 6.31. The molecule has 1 aliphatic carbocycles. The molecule has 0 amide bonds. The van der Waals surface area contributed by atoms with Gasteiger partial charge in [0.25, 0.3) is 0 Å². The molecule has 18 heavy (non-hydrogen) atoms. The van der Waals surface area contributed by atoms with Gasteiger partial charge in [-0.1, -0.05) is 18.2 Å². The Hall–Kier alpha value is -2.09. The molecule has 0 atom stereocenters. The predicted octanol–water partition coefficient (Wildman–Crippen LogP) is 3.46. The van der Waals surface area contributed by atoms with Crippen LogP contribution in [0.25, 0.3) is 21.8 Å². The fourth-order valence-corrected chi connectivity index (χ4v) is 2.99. The molecule has 4 rings (SSSR count). The van der Waals surface area contributed by atoms with Gasteiger partial charge in [-0.2, -0.15) is 0 Å². The summed E-state index contributed by atoms with van der Waals surface area (Å²) in [5, 5.41) is 2.16. The van der Waals surface area contributed by atoms with Gasteiger partial charge in [0.1, 0.15) is 0 Å². The van der Waals surface area contributed by atoms with Crippen molar-refractivity contribution < 1.29 is 0 Å². The van der Waals surface area contributed by atoms with E-state index in [4.69, 9.17) is 10.7 Å². The maximum atomic E-state index is 6.31. The normalized spacial score (nSPS) is 14.2. The van der Waals surface area contributed by atoms with Gasteiger partial charge >= 0.3 is 0 Å². The molecule has 88 valence electrons. The van der Waals surface area contributed by atoms with Gasteiger partial charge in [0, 0.05) is 10.8 Å². The molecule has 0 saturated heterocycles. The van der Waals surface area contributed by atoms with Crippen LogP contribution in [0.4, 0.5) is 5.69 Å². The number of nitrogen functional groups attached to an aromatic ring is 1. The molecule has 1 aromatic heterocycles. The third kappa shape index (κ3) is 1.26. The molecular weight excluding hydrogens is 220 g/mol. The summed E-state index contributed by atoms with van der Waals surface area (Å²) >= 11 is 0. The fourth-order valence-electron chi connectivity index (χ4n) is 2.99. The molecular formula is C16H14N2. The number of hydrogen-bond donors (Lipinski definition) is 1. The minimum Gasteiger partial charge on any atom is -0.398 e. The first-order chi connectivity index (χ1) is 8.83.